The van der Waals surface area contributed by atoms with E-state index in [0.717, 1.165) is 12.1 Å². The minimum Gasteiger partial charge on any atom is -0.361 e. The molecule has 3 heterocycles. The number of rotatable bonds is 3. The number of hydrogen-bond acceptors (Lipinski definition) is 4. The summed E-state index contributed by atoms with van der Waals surface area (Å²) in [5, 5.41) is 0.0388. The van der Waals surface area contributed by atoms with Crippen LogP contribution in [0.1, 0.15) is 30.3 Å². The average Bonchev–Trinajstić information content (AvgIpc) is 3.06. The van der Waals surface area contributed by atoms with Gasteiger partial charge in [-0.25, -0.2) is 13.4 Å². The van der Waals surface area contributed by atoms with Crippen LogP contribution in [0.15, 0.2) is 34.5 Å². The zero-order valence-electron chi connectivity index (χ0n) is 12.5. The second-order valence-corrected chi connectivity index (χ2v) is 7.44. The quantitative estimate of drug-likeness (QED) is 0.911. The highest BCUT2D eigenvalue weighted by molar-refractivity contribution is 7.89. The van der Waals surface area contributed by atoms with Crippen LogP contribution in [-0.2, 0) is 17.1 Å². The molecular formula is C14H18N4O3S. The molecule has 0 radical (unpaired) electrons. The van der Waals surface area contributed by atoms with Crippen molar-refractivity contribution in [3.8, 4) is 0 Å². The minimum absolute atomic E-state index is 0.0388. The topological polar surface area (TPSA) is 88.1 Å². The zero-order chi connectivity index (χ0) is 15.9. The van der Waals surface area contributed by atoms with Crippen molar-refractivity contribution < 1.29 is 8.42 Å². The molecule has 1 saturated heterocycles. The third-order valence-corrected chi connectivity index (χ3v) is 5.61. The summed E-state index contributed by atoms with van der Waals surface area (Å²) in [6.45, 7) is 2.22. The fourth-order valence-corrected chi connectivity index (χ4v) is 4.51. The summed E-state index contributed by atoms with van der Waals surface area (Å²) in [6, 6.07) is 2.62. The van der Waals surface area contributed by atoms with Gasteiger partial charge in [0.25, 0.3) is 10.0 Å². The molecule has 0 saturated carbocycles. The number of aryl methyl sites for hydroxylation is 2. The Morgan fingerprint density at radius 1 is 1.36 bits per heavy atom. The summed E-state index contributed by atoms with van der Waals surface area (Å²) in [6.07, 6.45) is 4.40. The number of pyridine rings is 1. The molecule has 0 amide bonds. The lowest BCUT2D eigenvalue weighted by Gasteiger charge is -2.23. The lowest BCUT2D eigenvalue weighted by atomic mass is 10.1. The molecule has 0 aromatic carbocycles. The highest BCUT2D eigenvalue weighted by atomic mass is 32.2. The van der Waals surface area contributed by atoms with Crippen molar-refractivity contribution in [3.05, 3.63) is 46.3 Å². The maximum atomic E-state index is 12.8. The highest BCUT2D eigenvalue weighted by Crippen LogP contribution is 2.34. The van der Waals surface area contributed by atoms with E-state index in [0.29, 0.717) is 18.7 Å². The van der Waals surface area contributed by atoms with Crippen LogP contribution in [0.25, 0.3) is 0 Å². The van der Waals surface area contributed by atoms with Crippen molar-refractivity contribution >= 4 is 10.0 Å². The van der Waals surface area contributed by atoms with Gasteiger partial charge >= 0.3 is 0 Å². The molecule has 3 rings (SSSR count). The van der Waals surface area contributed by atoms with E-state index in [2.05, 4.69) is 9.97 Å². The van der Waals surface area contributed by atoms with Gasteiger partial charge in [-0.15, -0.1) is 0 Å². The number of aromatic amines is 1. The van der Waals surface area contributed by atoms with Gasteiger partial charge in [0, 0.05) is 43.3 Å². The van der Waals surface area contributed by atoms with Crippen LogP contribution in [0.2, 0.25) is 0 Å². The molecule has 1 fully saturated rings. The maximum absolute atomic E-state index is 12.8. The molecule has 8 heteroatoms. The normalized spacial score (nSPS) is 19.6. The Hall–Kier alpha value is -1.93. The smallest absolute Gasteiger partial charge is 0.262 e. The van der Waals surface area contributed by atoms with Crippen molar-refractivity contribution in [2.45, 2.75) is 30.8 Å². The summed E-state index contributed by atoms with van der Waals surface area (Å²) in [5.74, 6) is 0. The lowest BCUT2D eigenvalue weighted by molar-refractivity contribution is 0.388. The highest BCUT2D eigenvalue weighted by Gasteiger charge is 2.37. The Bertz CT molecular complexity index is 853. The van der Waals surface area contributed by atoms with E-state index in [-0.39, 0.29) is 16.5 Å². The van der Waals surface area contributed by atoms with E-state index >= 15 is 0 Å². The molecule has 2 aromatic rings. The molecule has 0 unspecified atom stereocenters. The summed E-state index contributed by atoms with van der Waals surface area (Å²) < 4.78 is 28.6. The van der Waals surface area contributed by atoms with Crippen LogP contribution in [0.5, 0.6) is 0 Å². The van der Waals surface area contributed by atoms with Gasteiger partial charge in [-0.2, -0.15) is 4.31 Å². The van der Waals surface area contributed by atoms with Crippen molar-refractivity contribution in [2.75, 3.05) is 6.54 Å². The lowest BCUT2D eigenvalue weighted by Crippen LogP contribution is -2.32. The first-order valence-corrected chi connectivity index (χ1v) is 8.52. The molecule has 0 spiro atoms. The van der Waals surface area contributed by atoms with Crippen LogP contribution < -0.4 is 5.43 Å². The number of imidazole rings is 1. The summed E-state index contributed by atoms with van der Waals surface area (Å²) >= 11 is 0. The summed E-state index contributed by atoms with van der Waals surface area (Å²) in [5.41, 5.74) is 1.25. The molecular weight excluding hydrogens is 304 g/mol. The molecule has 0 bridgehead atoms. The SMILES string of the molecule is Cc1cc(=O)cc([C@@H]2CCCN2S(=O)(=O)c2cn(C)cn2)[nH]1. The van der Waals surface area contributed by atoms with Gasteiger partial charge in [0.15, 0.2) is 10.5 Å². The second kappa shape index (κ2) is 5.36. The van der Waals surface area contributed by atoms with Gasteiger partial charge < -0.3 is 9.55 Å². The van der Waals surface area contributed by atoms with E-state index in [1.54, 1.807) is 18.5 Å². The number of sulfonamides is 1. The predicted molar refractivity (Wildman–Crippen MR) is 80.9 cm³/mol. The van der Waals surface area contributed by atoms with Crippen molar-refractivity contribution in [2.24, 2.45) is 7.05 Å². The molecule has 7 nitrogen and oxygen atoms in total. The molecule has 22 heavy (non-hydrogen) atoms. The van der Waals surface area contributed by atoms with E-state index in [1.807, 2.05) is 0 Å². The molecule has 2 aromatic heterocycles. The van der Waals surface area contributed by atoms with Crippen LogP contribution >= 0.6 is 0 Å². The molecule has 118 valence electrons. The fourth-order valence-electron chi connectivity index (χ4n) is 2.87. The van der Waals surface area contributed by atoms with Gasteiger partial charge in [0.05, 0.1) is 12.4 Å². The Morgan fingerprint density at radius 2 is 2.14 bits per heavy atom. The number of nitrogens with zero attached hydrogens (tertiary/aromatic N) is 3. The van der Waals surface area contributed by atoms with E-state index in [1.165, 1.54) is 29.0 Å². The first kappa shape index (κ1) is 15.0. The van der Waals surface area contributed by atoms with Crippen molar-refractivity contribution in [3.63, 3.8) is 0 Å². The summed E-state index contributed by atoms with van der Waals surface area (Å²) in [7, 11) is -1.93. The fraction of sp³-hybridized carbons (Fsp3) is 0.429. The van der Waals surface area contributed by atoms with Crippen molar-refractivity contribution in [1.29, 1.82) is 0 Å². The third kappa shape index (κ3) is 2.59. The summed E-state index contributed by atoms with van der Waals surface area (Å²) in [4.78, 5) is 18.8. The largest absolute Gasteiger partial charge is 0.361 e. The maximum Gasteiger partial charge on any atom is 0.262 e. The van der Waals surface area contributed by atoms with Gasteiger partial charge in [0.1, 0.15) is 0 Å². The number of nitrogens with one attached hydrogen (secondary N) is 1. The molecule has 1 aliphatic rings. The Morgan fingerprint density at radius 3 is 2.77 bits per heavy atom. The van der Waals surface area contributed by atoms with E-state index in [4.69, 9.17) is 0 Å². The number of aromatic nitrogens is 3. The average molecular weight is 322 g/mol. The van der Waals surface area contributed by atoms with Gasteiger partial charge in [-0.05, 0) is 19.8 Å². The minimum atomic E-state index is -3.66. The molecule has 1 N–H and O–H groups in total. The van der Waals surface area contributed by atoms with Crippen LogP contribution in [-0.4, -0.2) is 33.8 Å². The zero-order valence-corrected chi connectivity index (χ0v) is 13.3. The Balaban J connectivity index is 2.01. The third-order valence-electron chi connectivity index (χ3n) is 3.81. The first-order chi connectivity index (χ1) is 10.4. The van der Waals surface area contributed by atoms with E-state index in [9.17, 15) is 13.2 Å². The molecule has 1 aliphatic heterocycles. The van der Waals surface area contributed by atoms with Crippen LogP contribution in [0, 0.1) is 6.92 Å². The second-order valence-electron chi connectivity index (χ2n) is 5.61. The number of H-pyrrole nitrogens is 1. The Labute approximate surface area is 128 Å². The van der Waals surface area contributed by atoms with Gasteiger partial charge in [0.2, 0.25) is 0 Å². The first-order valence-electron chi connectivity index (χ1n) is 7.08. The predicted octanol–water partition coefficient (Wildman–Crippen LogP) is 0.943. The van der Waals surface area contributed by atoms with Crippen molar-refractivity contribution in [1.82, 2.24) is 18.8 Å². The standard InChI is InChI=1S/C14H18N4O3S/c1-10-6-11(19)7-12(16-10)13-4-3-5-18(13)22(20,21)14-8-17(2)9-15-14/h6-9,13H,3-5H2,1-2H3,(H,16,19)/t13-/m0/s1. The monoisotopic (exact) mass is 322 g/mol. The Kier molecular flexibility index (Phi) is 3.65. The number of hydrogen-bond donors (Lipinski definition) is 1. The van der Waals surface area contributed by atoms with Crippen LogP contribution in [0.4, 0.5) is 0 Å². The van der Waals surface area contributed by atoms with Crippen LogP contribution in [0.3, 0.4) is 0 Å². The molecule has 0 aliphatic carbocycles. The molecule has 1 atom stereocenters. The van der Waals surface area contributed by atoms with E-state index < -0.39 is 10.0 Å². The van der Waals surface area contributed by atoms with Gasteiger partial charge in [-0.3, -0.25) is 4.79 Å². The van der Waals surface area contributed by atoms with Gasteiger partial charge in [-0.1, -0.05) is 0 Å².